The summed E-state index contributed by atoms with van der Waals surface area (Å²) < 4.78 is 43.1. The molecule has 0 unspecified atom stereocenters. The van der Waals surface area contributed by atoms with Gasteiger partial charge >= 0.3 is 6.18 Å². The largest absolute Gasteiger partial charge is 0.408 e. The average Bonchev–Trinajstić information content (AvgIpc) is 3.27. The van der Waals surface area contributed by atoms with Gasteiger partial charge in [0.1, 0.15) is 11.6 Å². The van der Waals surface area contributed by atoms with Gasteiger partial charge in [0.25, 0.3) is 0 Å². The molecule has 30 heavy (non-hydrogen) atoms. The number of aromatic amines is 1. The van der Waals surface area contributed by atoms with Crippen LogP contribution in [0.15, 0.2) is 36.5 Å². The number of nitrogens with one attached hydrogen (secondary N) is 1. The number of benzene rings is 1. The number of nitrogens with zero attached hydrogens (tertiary/aromatic N) is 3. The molecule has 0 radical (unpaired) electrons. The number of aromatic nitrogens is 2. The van der Waals surface area contributed by atoms with E-state index in [9.17, 15) is 23.2 Å². The zero-order valence-electron chi connectivity index (χ0n) is 16.8. The van der Waals surface area contributed by atoms with Crippen molar-refractivity contribution >= 4 is 5.91 Å². The van der Waals surface area contributed by atoms with Gasteiger partial charge in [-0.1, -0.05) is 38.1 Å². The summed E-state index contributed by atoms with van der Waals surface area (Å²) in [7, 11) is 0. The second kappa shape index (κ2) is 8.11. The van der Waals surface area contributed by atoms with E-state index in [1.165, 1.54) is 12.1 Å². The van der Waals surface area contributed by atoms with Gasteiger partial charge in [-0.15, -0.1) is 0 Å². The molecule has 1 amide bonds. The van der Waals surface area contributed by atoms with Crippen LogP contribution >= 0.6 is 0 Å². The average molecular weight is 419 g/mol. The van der Waals surface area contributed by atoms with E-state index in [2.05, 4.69) is 10.2 Å². The molecule has 3 rings (SSSR count). The Balaban J connectivity index is 2.09. The summed E-state index contributed by atoms with van der Waals surface area (Å²) in [6, 6.07) is 6.29. The summed E-state index contributed by atoms with van der Waals surface area (Å²) in [5.41, 5.74) is 5.51. The topological polar surface area (TPSA) is 98.8 Å². The van der Waals surface area contributed by atoms with Crippen molar-refractivity contribution in [2.75, 3.05) is 0 Å². The molecule has 1 aromatic heterocycles. The van der Waals surface area contributed by atoms with Crippen molar-refractivity contribution in [2.45, 2.75) is 56.9 Å². The molecule has 1 aliphatic rings. The third-order valence-electron chi connectivity index (χ3n) is 5.41. The van der Waals surface area contributed by atoms with E-state index in [0.717, 1.165) is 4.90 Å². The summed E-state index contributed by atoms with van der Waals surface area (Å²) >= 11 is 0. The predicted octanol–water partition coefficient (Wildman–Crippen LogP) is 3.94. The van der Waals surface area contributed by atoms with E-state index >= 15 is 0 Å². The molecule has 2 aromatic rings. The second-order valence-electron chi connectivity index (χ2n) is 8.13. The first kappa shape index (κ1) is 21.8. The Morgan fingerprint density at radius 3 is 2.33 bits per heavy atom. The van der Waals surface area contributed by atoms with Crippen LogP contribution in [0.2, 0.25) is 0 Å². The van der Waals surface area contributed by atoms with Crippen molar-refractivity contribution < 1.29 is 18.0 Å². The Morgan fingerprint density at radius 1 is 1.30 bits per heavy atom. The molecular weight excluding hydrogens is 395 g/mol. The quantitative estimate of drug-likeness (QED) is 0.677. The zero-order valence-corrected chi connectivity index (χ0v) is 16.8. The molecule has 9 heteroatoms. The number of halogens is 3. The molecule has 0 aliphatic heterocycles. The number of carbonyl (C=O) groups is 1. The Morgan fingerprint density at radius 2 is 1.93 bits per heavy atom. The molecule has 2 atom stereocenters. The number of carbonyl (C=O) groups excluding carboxylic acids is 1. The van der Waals surface area contributed by atoms with Crippen molar-refractivity contribution in [2.24, 2.45) is 11.7 Å². The van der Waals surface area contributed by atoms with Gasteiger partial charge < -0.3 is 5.73 Å². The van der Waals surface area contributed by atoms with Gasteiger partial charge in [-0.3, -0.25) is 14.8 Å². The third kappa shape index (κ3) is 4.33. The van der Waals surface area contributed by atoms with Crippen LogP contribution in [0.1, 0.15) is 44.7 Å². The minimum absolute atomic E-state index is 0.0395. The van der Waals surface area contributed by atoms with Crippen LogP contribution < -0.4 is 5.73 Å². The van der Waals surface area contributed by atoms with Gasteiger partial charge in [0.15, 0.2) is 0 Å². The molecule has 3 N–H and O–H groups in total. The first-order valence-electron chi connectivity index (χ1n) is 9.74. The van der Waals surface area contributed by atoms with Crippen molar-refractivity contribution in [3.05, 3.63) is 42.1 Å². The maximum absolute atomic E-state index is 14.4. The highest BCUT2D eigenvalue weighted by molar-refractivity contribution is 5.80. The molecule has 0 saturated heterocycles. The number of primary amides is 1. The van der Waals surface area contributed by atoms with Crippen LogP contribution in [0.5, 0.6) is 0 Å². The Bertz CT molecular complexity index is 912. The van der Waals surface area contributed by atoms with E-state index in [-0.39, 0.29) is 30.7 Å². The lowest BCUT2D eigenvalue weighted by atomic mass is 9.93. The van der Waals surface area contributed by atoms with Crippen LogP contribution in [0.25, 0.3) is 11.3 Å². The normalized spacial score (nSPS) is 17.5. The van der Waals surface area contributed by atoms with Crippen molar-refractivity contribution in [1.82, 2.24) is 15.1 Å². The highest BCUT2D eigenvalue weighted by Gasteiger charge is 2.60. The number of nitrogens with two attached hydrogens (primary N) is 1. The van der Waals surface area contributed by atoms with E-state index in [1.807, 2.05) is 19.9 Å². The standard InChI is InChI=1S/C21H24F3N5O/c1-13(2)11-17(19(26)30)29(20(12-25)8-9-20)18(21(22,23)24)15-5-3-14(4-6-15)16-7-10-27-28-16/h3-7,10,13,17-18H,8-9,11H2,1-2H3,(H2,26,30)(H,27,28)/t17-,18-/m0/s1. The smallest absolute Gasteiger partial charge is 0.368 e. The van der Waals surface area contributed by atoms with Gasteiger partial charge in [-0.05, 0) is 42.4 Å². The SMILES string of the molecule is CC(C)C[C@@H](C(N)=O)N([C@@H](c1ccc(-c2ccn[nH]2)cc1)C(F)(F)F)C1(C#N)CC1. The van der Waals surface area contributed by atoms with Crippen molar-refractivity contribution in [1.29, 1.82) is 5.26 Å². The number of alkyl halides is 3. The first-order valence-corrected chi connectivity index (χ1v) is 9.74. The Labute approximate surface area is 172 Å². The minimum Gasteiger partial charge on any atom is -0.368 e. The molecule has 1 aromatic carbocycles. The molecule has 1 heterocycles. The molecule has 160 valence electrons. The van der Waals surface area contributed by atoms with Crippen LogP contribution in [-0.2, 0) is 4.79 Å². The number of rotatable bonds is 8. The maximum atomic E-state index is 14.4. The fraction of sp³-hybridized carbons (Fsp3) is 0.476. The molecule has 1 aliphatic carbocycles. The van der Waals surface area contributed by atoms with Crippen molar-refractivity contribution in [3.8, 4) is 17.3 Å². The van der Waals surface area contributed by atoms with Crippen LogP contribution in [0, 0.1) is 17.2 Å². The summed E-state index contributed by atoms with van der Waals surface area (Å²) in [5.74, 6) is -0.926. The minimum atomic E-state index is -4.70. The van der Waals surface area contributed by atoms with E-state index in [0.29, 0.717) is 11.3 Å². The fourth-order valence-electron chi connectivity index (χ4n) is 3.85. The van der Waals surface area contributed by atoms with E-state index < -0.39 is 29.7 Å². The van der Waals surface area contributed by atoms with Gasteiger partial charge in [-0.2, -0.15) is 23.5 Å². The first-order chi connectivity index (χ1) is 14.1. The summed E-state index contributed by atoms with van der Waals surface area (Å²) in [6.45, 7) is 3.61. The van der Waals surface area contributed by atoms with Gasteiger partial charge in [0.2, 0.25) is 5.91 Å². The number of H-pyrrole nitrogens is 1. The van der Waals surface area contributed by atoms with Crippen LogP contribution in [0.4, 0.5) is 13.2 Å². The third-order valence-corrected chi connectivity index (χ3v) is 5.41. The van der Waals surface area contributed by atoms with E-state index in [4.69, 9.17) is 5.73 Å². The van der Waals surface area contributed by atoms with Gasteiger partial charge in [0.05, 0.1) is 17.8 Å². The summed E-state index contributed by atoms with van der Waals surface area (Å²) in [6.07, 6.45) is -2.48. The van der Waals surface area contributed by atoms with E-state index in [1.54, 1.807) is 24.4 Å². The Hall–Kier alpha value is -2.86. The lowest BCUT2D eigenvalue weighted by Gasteiger charge is -2.41. The molecule has 0 bridgehead atoms. The van der Waals surface area contributed by atoms with Gasteiger partial charge in [-0.25, -0.2) is 0 Å². The molecule has 0 spiro atoms. The fourth-order valence-corrected chi connectivity index (χ4v) is 3.85. The maximum Gasteiger partial charge on any atom is 0.408 e. The predicted molar refractivity (Wildman–Crippen MR) is 105 cm³/mol. The number of hydrogen-bond donors (Lipinski definition) is 2. The summed E-state index contributed by atoms with van der Waals surface area (Å²) in [5, 5.41) is 16.3. The number of hydrogen-bond acceptors (Lipinski definition) is 4. The monoisotopic (exact) mass is 419 g/mol. The molecular formula is C21H24F3N5O. The van der Waals surface area contributed by atoms with Crippen LogP contribution in [0.3, 0.4) is 0 Å². The molecule has 1 saturated carbocycles. The number of nitriles is 1. The molecule has 6 nitrogen and oxygen atoms in total. The van der Waals surface area contributed by atoms with Crippen LogP contribution in [-0.4, -0.2) is 38.8 Å². The highest BCUT2D eigenvalue weighted by atomic mass is 19.4. The number of amides is 1. The highest BCUT2D eigenvalue weighted by Crippen LogP contribution is 2.52. The zero-order chi connectivity index (χ0) is 22.1. The second-order valence-corrected chi connectivity index (χ2v) is 8.13. The Kier molecular flexibility index (Phi) is 5.90. The summed E-state index contributed by atoms with van der Waals surface area (Å²) in [4.78, 5) is 13.2. The van der Waals surface area contributed by atoms with Crippen molar-refractivity contribution in [3.63, 3.8) is 0 Å². The van der Waals surface area contributed by atoms with Gasteiger partial charge in [0, 0.05) is 6.20 Å². The lowest BCUT2D eigenvalue weighted by Crippen LogP contribution is -2.56. The molecule has 1 fully saturated rings. The lowest BCUT2D eigenvalue weighted by molar-refractivity contribution is -0.200.